The monoisotopic (exact) mass is 533 g/mol. The highest BCUT2D eigenvalue weighted by Crippen LogP contribution is 2.34. The predicted octanol–water partition coefficient (Wildman–Crippen LogP) is 6.14. The average Bonchev–Trinajstić information content (AvgIpc) is 2.79. The number of amides is 1. The summed E-state index contributed by atoms with van der Waals surface area (Å²) in [6.45, 7) is 2.62. The highest BCUT2D eigenvalue weighted by Gasteiger charge is 2.16. The summed E-state index contributed by atoms with van der Waals surface area (Å²) in [6, 6.07) is 18.0. The molecule has 0 aliphatic carbocycles. The van der Waals surface area contributed by atoms with Crippen molar-refractivity contribution in [1.82, 2.24) is 0 Å². The number of benzene rings is 3. The summed E-state index contributed by atoms with van der Waals surface area (Å²) in [5.74, 6) is 3.08. The van der Waals surface area contributed by atoms with Crippen molar-refractivity contribution in [3.63, 3.8) is 0 Å². The molecule has 0 fully saturated rings. The molecule has 3 rings (SSSR count). The van der Waals surface area contributed by atoms with Crippen molar-refractivity contribution >= 4 is 34.2 Å². The lowest BCUT2D eigenvalue weighted by Gasteiger charge is -2.14. The fourth-order valence-corrected chi connectivity index (χ4v) is 3.54. The lowest BCUT2D eigenvalue weighted by atomic mass is 10.1. The quantitative estimate of drug-likeness (QED) is 0.335. The van der Waals surface area contributed by atoms with Crippen molar-refractivity contribution in [1.29, 1.82) is 0 Å². The third-order valence-corrected chi connectivity index (χ3v) is 5.15. The Labute approximate surface area is 195 Å². The minimum Gasteiger partial charge on any atom is -0.497 e. The smallest absolute Gasteiger partial charge is 0.255 e. The van der Waals surface area contributed by atoms with Crippen molar-refractivity contribution in [2.45, 2.75) is 13.3 Å². The molecule has 0 spiro atoms. The van der Waals surface area contributed by atoms with Gasteiger partial charge in [-0.2, -0.15) is 0 Å². The van der Waals surface area contributed by atoms with Gasteiger partial charge in [0.25, 0.3) is 5.91 Å². The van der Waals surface area contributed by atoms with Gasteiger partial charge in [-0.25, -0.2) is 0 Å². The number of hydrogen-bond donors (Lipinski definition) is 1. The molecule has 0 aliphatic heterocycles. The van der Waals surface area contributed by atoms with Gasteiger partial charge in [0.15, 0.2) is 11.5 Å². The van der Waals surface area contributed by atoms with Crippen molar-refractivity contribution < 1.29 is 23.7 Å². The Morgan fingerprint density at radius 3 is 2.10 bits per heavy atom. The van der Waals surface area contributed by atoms with Crippen molar-refractivity contribution in [2.75, 3.05) is 26.1 Å². The molecule has 1 N–H and O–H groups in total. The molecule has 7 heteroatoms. The second-order valence-electron chi connectivity index (χ2n) is 6.59. The molecule has 0 aliphatic rings. The number of methoxy groups -OCH3 is 2. The normalized spacial score (nSPS) is 10.3. The molecule has 6 nitrogen and oxygen atoms in total. The lowest BCUT2D eigenvalue weighted by Crippen LogP contribution is -2.13. The largest absolute Gasteiger partial charge is 0.497 e. The van der Waals surface area contributed by atoms with Gasteiger partial charge in [-0.05, 0) is 89.7 Å². The van der Waals surface area contributed by atoms with E-state index < -0.39 is 0 Å². The number of carbonyl (C=O) groups is 1. The molecular weight excluding hydrogens is 509 g/mol. The molecule has 162 valence electrons. The minimum absolute atomic E-state index is 0.234. The van der Waals surface area contributed by atoms with Crippen LogP contribution < -0.4 is 24.3 Å². The summed E-state index contributed by atoms with van der Waals surface area (Å²) >= 11 is 2.15. The van der Waals surface area contributed by atoms with Gasteiger partial charge >= 0.3 is 0 Å². The molecule has 0 bridgehead atoms. The van der Waals surface area contributed by atoms with Crippen LogP contribution in [0.2, 0.25) is 0 Å². The first-order valence-corrected chi connectivity index (χ1v) is 10.9. The Kier molecular flexibility index (Phi) is 8.00. The van der Waals surface area contributed by atoms with Gasteiger partial charge < -0.3 is 24.3 Å². The second-order valence-corrected chi connectivity index (χ2v) is 7.76. The Hall–Kier alpha value is -2.94. The molecule has 0 atom stereocenters. The third-order valence-electron chi connectivity index (χ3n) is 4.35. The maximum Gasteiger partial charge on any atom is 0.255 e. The van der Waals surface area contributed by atoms with E-state index >= 15 is 0 Å². The summed E-state index contributed by atoms with van der Waals surface area (Å²) in [4.78, 5) is 12.7. The number of halogens is 1. The number of anilines is 1. The Balaban J connectivity index is 1.68. The number of rotatable bonds is 9. The topological polar surface area (TPSA) is 66.0 Å². The van der Waals surface area contributed by atoms with E-state index in [2.05, 4.69) is 27.9 Å². The second kappa shape index (κ2) is 10.9. The summed E-state index contributed by atoms with van der Waals surface area (Å²) in [5.41, 5.74) is 1.15. The van der Waals surface area contributed by atoms with E-state index in [1.807, 2.05) is 31.2 Å². The molecule has 0 unspecified atom stereocenters. The molecule has 3 aromatic rings. The van der Waals surface area contributed by atoms with Crippen LogP contribution in [0, 0.1) is 3.57 Å². The number of ether oxygens (including phenoxy) is 4. The third kappa shape index (κ3) is 6.04. The van der Waals surface area contributed by atoms with E-state index in [1.54, 1.807) is 50.6 Å². The van der Waals surface area contributed by atoms with Crippen LogP contribution in [-0.2, 0) is 0 Å². The van der Waals surface area contributed by atoms with Crippen molar-refractivity contribution in [3.05, 3.63) is 69.8 Å². The van der Waals surface area contributed by atoms with E-state index in [9.17, 15) is 4.79 Å². The van der Waals surface area contributed by atoms with Gasteiger partial charge in [0, 0.05) is 11.3 Å². The first-order chi connectivity index (χ1) is 15.0. The fraction of sp³-hybridized carbons (Fsp3) is 0.208. The van der Waals surface area contributed by atoms with Crippen LogP contribution in [0.1, 0.15) is 23.7 Å². The van der Waals surface area contributed by atoms with Crippen LogP contribution in [0.15, 0.2) is 60.7 Å². The molecule has 0 saturated heterocycles. The number of nitrogens with one attached hydrogen (secondary N) is 1. The van der Waals surface area contributed by atoms with Gasteiger partial charge in [0.2, 0.25) is 0 Å². The van der Waals surface area contributed by atoms with E-state index in [-0.39, 0.29) is 5.91 Å². The number of carbonyl (C=O) groups excluding carboxylic acids is 1. The molecular formula is C24H24INO5. The molecule has 31 heavy (non-hydrogen) atoms. The van der Waals surface area contributed by atoms with Crippen molar-refractivity contribution in [3.8, 4) is 28.7 Å². The molecule has 3 aromatic carbocycles. The average molecular weight is 533 g/mol. The summed E-state index contributed by atoms with van der Waals surface area (Å²) in [5, 5.41) is 2.89. The molecule has 1 amide bonds. The Bertz CT molecular complexity index is 1020. The zero-order chi connectivity index (χ0) is 22.2. The summed E-state index contributed by atoms with van der Waals surface area (Å²) in [6.07, 6.45) is 0.889. The molecule has 0 aromatic heterocycles. The van der Waals surface area contributed by atoms with Crippen LogP contribution in [0.4, 0.5) is 5.69 Å². The van der Waals surface area contributed by atoms with E-state index in [4.69, 9.17) is 18.9 Å². The highest BCUT2D eigenvalue weighted by molar-refractivity contribution is 14.1. The van der Waals surface area contributed by atoms with Crippen molar-refractivity contribution in [2.24, 2.45) is 0 Å². The zero-order valence-electron chi connectivity index (χ0n) is 17.6. The van der Waals surface area contributed by atoms with Crippen LogP contribution in [0.5, 0.6) is 28.7 Å². The first kappa shape index (κ1) is 22.7. The maximum absolute atomic E-state index is 12.7. The fourth-order valence-electron chi connectivity index (χ4n) is 2.78. The van der Waals surface area contributed by atoms with Gasteiger partial charge in [-0.1, -0.05) is 6.92 Å². The predicted molar refractivity (Wildman–Crippen MR) is 129 cm³/mol. The molecule has 0 heterocycles. The Morgan fingerprint density at radius 1 is 0.903 bits per heavy atom. The lowest BCUT2D eigenvalue weighted by molar-refractivity contribution is 0.102. The van der Waals surface area contributed by atoms with E-state index in [0.717, 1.165) is 15.7 Å². The molecule has 0 radical (unpaired) electrons. The number of hydrogen-bond acceptors (Lipinski definition) is 5. The van der Waals surface area contributed by atoms with E-state index in [0.29, 0.717) is 40.9 Å². The van der Waals surface area contributed by atoms with Crippen LogP contribution in [0.25, 0.3) is 0 Å². The van der Waals surface area contributed by atoms with E-state index in [1.165, 1.54) is 0 Å². The van der Waals surface area contributed by atoms with Gasteiger partial charge in [-0.3, -0.25) is 4.79 Å². The van der Waals surface area contributed by atoms with Crippen LogP contribution >= 0.6 is 22.6 Å². The Morgan fingerprint density at radius 2 is 1.52 bits per heavy atom. The van der Waals surface area contributed by atoms with Crippen LogP contribution in [-0.4, -0.2) is 26.7 Å². The van der Waals surface area contributed by atoms with Crippen LogP contribution in [0.3, 0.4) is 0 Å². The first-order valence-electron chi connectivity index (χ1n) is 9.77. The SMILES string of the molecule is CCCOc1c(I)cc(C(=O)Nc2ccc(Oc3ccc(OC)cc3)cc2)cc1OC. The van der Waals surface area contributed by atoms with Gasteiger partial charge in [0.05, 0.1) is 24.4 Å². The minimum atomic E-state index is -0.234. The highest BCUT2D eigenvalue weighted by atomic mass is 127. The van der Waals surface area contributed by atoms with Gasteiger partial charge in [-0.15, -0.1) is 0 Å². The molecule has 0 saturated carbocycles. The summed E-state index contributed by atoms with van der Waals surface area (Å²) < 4.78 is 22.9. The van der Waals surface area contributed by atoms with Gasteiger partial charge in [0.1, 0.15) is 17.2 Å². The maximum atomic E-state index is 12.7. The zero-order valence-corrected chi connectivity index (χ0v) is 19.8. The summed E-state index contributed by atoms with van der Waals surface area (Å²) in [7, 11) is 3.18. The standard InChI is InChI=1S/C24H24INO5/c1-4-13-30-23-21(25)14-16(15-22(23)29-3)24(27)26-17-5-7-19(8-6-17)31-20-11-9-18(28-2)10-12-20/h5-12,14-15H,4,13H2,1-3H3,(H,26,27).